The van der Waals surface area contributed by atoms with Gasteiger partial charge < -0.3 is 0 Å². The topological polar surface area (TPSA) is 142 Å². The third-order valence-corrected chi connectivity index (χ3v) is 16.1. The maximum atomic E-state index is 15.0. The van der Waals surface area contributed by atoms with Gasteiger partial charge in [0.1, 0.15) is 11.0 Å². The highest BCUT2D eigenvalue weighted by Crippen LogP contribution is 2.41. The van der Waals surface area contributed by atoms with Gasteiger partial charge in [0.2, 0.25) is 0 Å². The Labute approximate surface area is 464 Å². The summed E-state index contributed by atoms with van der Waals surface area (Å²) in [4.78, 5) is 80.0. The molecule has 382 valence electrons. The van der Waals surface area contributed by atoms with Gasteiger partial charge in [-0.25, -0.2) is 18.8 Å². The minimum Gasteiger partial charge on any atom is -0.268 e. The lowest BCUT2D eigenvalue weighted by molar-refractivity contribution is 1.06. The number of rotatable bonds is 7. The SMILES string of the molecule is O=c1c2cnccc2c2cc(-c3cc(-c4ccccc4)cc(-c4ccccc4)c3)cc3c4ccc(-c5ccc(-c6cc(-c7ccccc7)cc(-c7cc8c9nccnc9c(=O)n9c(=O)c%10nccnc%10c(c7)c89)c6)cc5)cc4c(=O)n1c23. The maximum absolute atomic E-state index is 15.0. The van der Waals surface area contributed by atoms with Gasteiger partial charge in [0.15, 0.2) is 11.0 Å². The van der Waals surface area contributed by atoms with Crippen LogP contribution in [0.25, 0.3) is 154 Å². The molecule has 11 heteroatoms. The molecule has 0 fully saturated rings. The molecule has 82 heavy (non-hydrogen) atoms. The number of fused-ring (bicyclic) bond motifs is 8. The van der Waals surface area contributed by atoms with Crippen LogP contribution in [0.5, 0.6) is 0 Å². The second kappa shape index (κ2) is 18.1. The number of hydrogen-bond donors (Lipinski definition) is 0. The lowest BCUT2D eigenvalue weighted by atomic mass is 9.90. The first kappa shape index (κ1) is 46.6. The van der Waals surface area contributed by atoms with Crippen LogP contribution in [0.2, 0.25) is 0 Å². The van der Waals surface area contributed by atoms with E-state index in [1.54, 1.807) is 24.8 Å². The van der Waals surface area contributed by atoms with Crippen molar-refractivity contribution in [1.29, 1.82) is 0 Å². The minimum absolute atomic E-state index is 0.0796. The number of benzene rings is 9. The van der Waals surface area contributed by atoms with Crippen LogP contribution in [0.3, 0.4) is 0 Å². The summed E-state index contributed by atoms with van der Waals surface area (Å²) in [6.07, 6.45) is 9.24. The van der Waals surface area contributed by atoms with Crippen molar-refractivity contribution in [2.75, 3.05) is 0 Å². The Hall–Kier alpha value is -11.4. The van der Waals surface area contributed by atoms with Gasteiger partial charge in [-0.2, -0.15) is 0 Å². The van der Waals surface area contributed by atoms with E-state index in [-0.39, 0.29) is 11.0 Å². The Balaban J connectivity index is 0.855. The lowest BCUT2D eigenvalue weighted by Crippen LogP contribution is -2.28. The van der Waals surface area contributed by atoms with E-state index in [1.165, 1.54) is 16.8 Å². The van der Waals surface area contributed by atoms with Crippen molar-refractivity contribution in [3.63, 3.8) is 0 Å². The van der Waals surface area contributed by atoms with Crippen molar-refractivity contribution in [3.05, 3.63) is 279 Å². The van der Waals surface area contributed by atoms with Crippen LogP contribution in [0.4, 0.5) is 0 Å². The van der Waals surface area contributed by atoms with E-state index in [2.05, 4.69) is 134 Å². The van der Waals surface area contributed by atoms with Crippen molar-refractivity contribution < 1.29 is 0 Å². The van der Waals surface area contributed by atoms with E-state index < -0.39 is 22.2 Å². The normalized spacial score (nSPS) is 11.9. The first-order valence-corrected chi connectivity index (χ1v) is 26.7. The van der Waals surface area contributed by atoms with E-state index >= 15 is 4.79 Å². The van der Waals surface area contributed by atoms with Gasteiger partial charge in [0, 0.05) is 64.1 Å². The fraction of sp³-hybridized carbons (Fsp3) is 0. The highest BCUT2D eigenvalue weighted by atomic mass is 16.2. The molecule has 0 amide bonds. The zero-order valence-electron chi connectivity index (χ0n) is 43.3. The molecule has 16 rings (SSSR count). The van der Waals surface area contributed by atoms with Crippen molar-refractivity contribution in [2.45, 2.75) is 0 Å². The van der Waals surface area contributed by atoms with Crippen molar-refractivity contribution in [3.8, 4) is 77.9 Å². The highest BCUT2D eigenvalue weighted by Gasteiger charge is 2.23. The van der Waals surface area contributed by atoms with Gasteiger partial charge in [-0.15, -0.1) is 0 Å². The van der Waals surface area contributed by atoms with Crippen LogP contribution in [0.1, 0.15) is 0 Å². The summed E-state index contributed by atoms with van der Waals surface area (Å²) >= 11 is 0. The highest BCUT2D eigenvalue weighted by molar-refractivity contribution is 6.20. The standard InChI is InChI=1S/C71H39N7O4/c79-68-58-34-45(20-21-54(58)56-35-52(36-57-55-22-23-72-39-61(55)69(80)77(68)66(56)57)50-30-46(40-10-4-1-5-11-40)28-47(31-50)41-12-6-2-7-13-41)43-16-18-44(19-17-43)49-29-48(42-14-8-3-9-15-42)32-51(33-49)53-37-59-62-64(75-26-24-73-62)70(81)78-67(59)60(38-53)63-65(71(78)82)76-27-25-74-63/h1-39H. The summed E-state index contributed by atoms with van der Waals surface area (Å²) in [5.74, 6) is 0. The molecule has 7 heterocycles. The van der Waals surface area contributed by atoms with E-state index in [0.717, 1.165) is 104 Å². The predicted molar refractivity (Wildman–Crippen MR) is 328 cm³/mol. The fourth-order valence-corrected chi connectivity index (χ4v) is 12.2. The van der Waals surface area contributed by atoms with Crippen LogP contribution < -0.4 is 22.2 Å². The van der Waals surface area contributed by atoms with Gasteiger partial charge in [0.05, 0.1) is 16.4 Å². The average Bonchev–Trinajstić information content (AvgIpc) is 2.54. The predicted octanol–water partition coefficient (Wildman–Crippen LogP) is 14.1. The van der Waals surface area contributed by atoms with Crippen LogP contribution in [-0.2, 0) is 0 Å². The Bertz CT molecular complexity index is 5440. The summed E-state index contributed by atoms with van der Waals surface area (Å²) in [7, 11) is 0. The van der Waals surface area contributed by atoms with Crippen LogP contribution in [-0.4, -0.2) is 33.7 Å². The smallest absolute Gasteiger partial charge is 0.268 e. The molecule has 0 N–H and O–H groups in total. The van der Waals surface area contributed by atoms with Gasteiger partial charge in [-0.3, -0.25) is 34.1 Å². The van der Waals surface area contributed by atoms with E-state index in [9.17, 15) is 14.4 Å². The van der Waals surface area contributed by atoms with Gasteiger partial charge >= 0.3 is 0 Å². The molecule has 9 aromatic carbocycles. The monoisotopic (exact) mass is 1050 g/mol. The lowest BCUT2D eigenvalue weighted by Gasteiger charge is -2.17. The quantitative estimate of drug-likeness (QED) is 0.113. The molecule has 0 saturated heterocycles. The zero-order valence-corrected chi connectivity index (χ0v) is 43.3. The third kappa shape index (κ3) is 7.20. The van der Waals surface area contributed by atoms with Gasteiger partial charge in [-0.05, 0) is 161 Å². The molecule has 7 aromatic heterocycles. The second-order valence-electron chi connectivity index (χ2n) is 20.7. The summed E-state index contributed by atoms with van der Waals surface area (Å²) in [6, 6.07) is 68.2. The maximum Gasteiger partial charge on any atom is 0.286 e. The van der Waals surface area contributed by atoms with E-state index in [1.807, 2.05) is 91.0 Å². The summed E-state index contributed by atoms with van der Waals surface area (Å²) in [6.45, 7) is 0. The minimum atomic E-state index is -0.567. The Kier molecular flexibility index (Phi) is 10.3. The largest absolute Gasteiger partial charge is 0.286 e. The second-order valence-corrected chi connectivity index (χ2v) is 20.7. The van der Waals surface area contributed by atoms with E-state index in [0.29, 0.717) is 43.6 Å². The molecule has 16 aromatic rings. The van der Waals surface area contributed by atoms with Crippen molar-refractivity contribution >= 4 is 76.2 Å². The van der Waals surface area contributed by atoms with Gasteiger partial charge in [-0.1, -0.05) is 127 Å². The first-order valence-electron chi connectivity index (χ1n) is 26.7. The Morgan fingerprint density at radius 3 is 1.04 bits per heavy atom. The molecule has 0 unspecified atom stereocenters. The Morgan fingerprint density at radius 2 is 0.561 bits per heavy atom. The molecule has 0 atom stereocenters. The van der Waals surface area contributed by atoms with Crippen LogP contribution in [0, 0.1) is 0 Å². The van der Waals surface area contributed by atoms with Gasteiger partial charge in [0.25, 0.3) is 22.2 Å². The summed E-state index contributed by atoms with van der Waals surface area (Å²) in [5.41, 5.74) is 13.5. The number of pyridine rings is 5. The number of hydrogen-bond acceptors (Lipinski definition) is 9. The molecule has 0 aliphatic rings. The summed E-state index contributed by atoms with van der Waals surface area (Å²) < 4.78 is 2.49. The zero-order chi connectivity index (χ0) is 54.7. The fourth-order valence-electron chi connectivity index (χ4n) is 12.2. The third-order valence-electron chi connectivity index (χ3n) is 16.1. The van der Waals surface area contributed by atoms with Crippen LogP contribution >= 0.6 is 0 Å². The molecule has 0 spiro atoms. The van der Waals surface area contributed by atoms with Crippen LogP contribution in [0.15, 0.2) is 257 Å². The summed E-state index contributed by atoms with van der Waals surface area (Å²) in [5, 5.41) is 5.00. The molecule has 0 bridgehead atoms. The van der Waals surface area contributed by atoms with Crippen molar-refractivity contribution in [1.82, 2.24) is 33.7 Å². The first-order chi connectivity index (χ1) is 40.3. The molecule has 0 aliphatic carbocycles. The molecular formula is C71H39N7O4. The molecular weight excluding hydrogens is 1010 g/mol. The Morgan fingerprint density at radius 1 is 0.232 bits per heavy atom. The molecule has 0 aliphatic heterocycles. The molecule has 11 nitrogen and oxygen atoms in total. The number of aromatic nitrogens is 7. The van der Waals surface area contributed by atoms with Crippen molar-refractivity contribution in [2.24, 2.45) is 0 Å². The molecule has 0 saturated carbocycles. The molecule has 0 radical (unpaired) electrons. The number of nitrogens with zero attached hydrogens (tertiary/aromatic N) is 7. The van der Waals surface area contributed by atoms with E-state index in [4.69, 9.17) is 0 Å². The average molecular weight is 1050 g/mol.